The molecule has 0 aromatic heterocycles. The number of fused-ring (bicyclic) bond motifs is 3. The van der Waals surface area contributed by atoms with E-state index in [4.69, 9.17) is 0 Å². The van der Waals surface area contributed by atoms with Crippen LogP contribution in [0.4, 0.5) is 0 Å². The van der Waals surface area contributed by atoms with Crippen LogP contribution < -0.4 is 5.46 Å². The molecular formula is C14H10BBr. The molecule has 0 fully saturated rings. The Morgan fingerprint density at radius 2 is 1.31 bits per heavy atom. The normalized spacial score (nSPS) is 11.1. The molecule has 0 aliphatic rings. The second kappa shape index (κ2) is 3.64. The highest BCUT2D eigenvalue weighted by atomic mass is 79.9. The smallest absolute Gasteiger partial charge is 0.0813 e. The molecule has 0 nitrogen and oxygen atoms in total. The zero-order chi connectivity index (χ0) is 11.1. The molecule has 0 saturated carbocycles. The van der Waals surface area contributed by atoms with Crippen molar-refractivity contribution in [3.05, 3.63) is 53.0 Å². The molecule has 0 amide bonds. The Balaban J connectivity index is 2.60. The Morgan fingerprint density at radius 3 is 2.12 bits per heavy atom. The zero-order valence-electron chi connectivity index (χ0n) is 9.00. The minimum Gasteiger partial charge on any atom is -0.0813 e. The monoisotopic (exact) mass is 268 g/mol. The highest BCUT2D eigenvalue weighted by Crippen LogP contribution is 2.29. The third-order valence-corrected chi connectivity index (χ3v) is 3.78. The van der Waals surface area contributed by atoms with Crippen LogP contribution in [0.25, 0.3) is 21.5 Å². The van der Waals surface area contributed by atoms with Gasteiger partial charge < -0.3 is 0 Å². The molecule has 16 heavy (non-hydrogen) atoms. The summed E-state index contributed by atoms with van der Waals surface area (Å²) in [6.45, 7) is 0. The van der Waals surface area contributed by atoms with Gasteiger partial charge in [-0.15, -0.1) is 0 Å². The van der Waals surface area contributed by atoms with E-state index in [0.29, 0.717) is 0 Å². The minimum absolute atomic E-state index is 1.16. The van der Waals surface area contributed by atoms with E-state index in [9.17, 15) is 0 Å². The van der Waals surface area contributed by atoms with Gasteiger partial charge >= 0.3 is 0 Å². The molecule has 0 aliphatic heterocycles. The van der Waals surface area contributed by atoms with E-state index in [1.807, 2.05) is 0 Å². The van der Waals surface area contributed by atoms with Gasteiger partial charge in [0, 0.05) is 4.47 Å². The summed E-state index contributed by atoms with van der Waals surface area (Å²) in [5.74, 6) is 0. The maximum atomic E-state index is 3.60. The minimum atomic E-state index is 1.16. The lowest BCUT2D eigenvalue weighted by atomic mass is 9.88. The number of benzene rings is 3. The summed E-state index contributed by atoms with van der Waals surface area (Å²) in [5, 5.41) is 5.27. The van der Waals surface area contributed by atoms with E-state index in [0.717, 1.165) is 4.47 Å². The van der Waals surface area contributed by atoms with Gasteiger partial charge in [-0.3, -0.25) is 0 Å². The molecule has 0 bridgehead atoms. The molecule has 0 aliphatic carbocycles. The van der Waals surface area contributed by atoms with Crippen LogP contribution in [0, 0.1) is 0 Å². The number of hydrogen-bond donors (Lipinski definition) is 0. The van der Waals surface area contributed by atoms with Crippen molar-refractivity contribution in [2.24, 2.45) is 0 Å². The van der Waals surface area contributed by atoms with E-state index < -0.39 is 0 Å². The number of rotatable bonds is 0. The van der Waals surface area contributed by atoms with Gasteiger partial charge in [-0.2, -0.15) is 0 Å². The van der Waals surface area contributed by atoms with Crippen molar-refractivity contribution in [3.63, 3.8) is 0 Å². The summed E-state index contributed by atoms with van der Waals surface area (Å²) in [6.07, 6.45) is 0. The first kappa shape index (κ1) is 9.92. The highest BCUT2D eigenvalue weighted by molar-refractivity contribution is 9.10. The molecular weight excluding hydrogens is 259 g/mol. The van der Waals surface area contributed by atoms with Gasteiger partial charge in [0.15, 0.2) is 0 Å². The van der Waals surface area contributed by atoms with Gasteiger partial charge in [0.05, 0.1) is 0 Å². The molecule has 0 unspecified atom stereocenters. The quantitative estimate of drug-likeness (QED) is 0.434. The topological polar surface area (TPSA) is 0 Å². The van der Waals surface area contributed by atoms with Crippen molar-refractivity contribution in [3.8, 4) is 0 Å². The second-order valence-electron chi connectivity index (χ2n) is 4.07. The fraction of sp³-hybridized carbons (Fsp3) is 0. The second-order valence-corrected chi connectivity index (χ2v) is 4.92. The van der Waals surface area contributed by atoms with Crippen LogP contribution in [0.15, 0.2) is 53.0 Å². The van der Waals surface area contributed by atoms with Crippen LogP contribution in [-0.4, -0.2) is 7.85 Å². The fourth-order valence-electron chi connectivity index (χ4n) is 2.24. The summed E-state index contributed by atoms with van der Waals surface area (Å²) in [7, 11) is 2.16. The molecule has 0 radical (unpaired) electrons. The molecule has 0 heterocycles. The molecule has 0 spiro atoms. The highest BCUT2D eigenvalue weighted by Gasteiger charge is 2.03. The van der Waals surface area contributed by atoms with Crippen molar-refractivity contribution in [1.29, 1.82) is 0 Å². The predicted molar refractivity (Wildman–Crippen MR) is 77.3 cm³/mol. The molecule has 3 aromatic carbocycles. The van der Waals surface area contributed by atoms with Crippen LogP contribution in [-0.2, 0) is 0 Å². The summed E-state index contributed by atoms with van der Waals surface area (Å²) in [4.78, 5) is 0. The molecule has 0 saturated heterocycles. The van der Waals surface area contributed by atoms with E-state index in [-0.39, 0.29) is 0 Å². The molecule has 0 N–H and O–H groups in total. The molecule has 3 aromatic rings. The van der Waals surface area contributed by atoms with Crippen molar-refractivity contribution in [2.45, 2.75) is 0 Å². The lowest BCUT2D eigenvalue weighted by Gasteiger charge is -2.07. The van der Waals surface area contributed by atoms with Crippen LogP contribution in [0.3, 0.4) is 0 Å². The third kappa shape index (κ3) is 1.37. The van der Waals surface area contributed by atoms with Gasteiger partial charge in [0.25, 0.3) is 0 Å². The Labute approximate surface area is 104 Å². The molecule has 3 rings (SSSR count). The summed E-state index contributed by atoms with van der Waals surface area (Å²) < 4.78 is 1.16. The van der Waals surface area contributed by atoms with Crippen LogP contribution in [0.5, 0.6) is 0 Å². The van der Waals surface area contributed by atoms with Gasteiger partial charge in [0.2, 0.25) is 0 Å². The van der Waals surface area contributed by atoms with Crippen molar-refractivity contribution < 1.29 is 0 Å². The standard InChI is InChI=1S/C14H10BBr/c15-13-5-1-3-9-10-4-2-6-14(16)12(10)8-7-11(9)13/h1-8H,15H2. The van der Waals surface area contributed by atoms with Crippen LogP contribution >= 0.6 is 15.9 Å². The Morgan fingerprint density at radius 1 is 0.688 bits per heavy atom. The first-order valence-electron chi connectivity index (χ1n) is 5.34. The average Bonchev–Trinajstić information content (AvgIpc) is 2.30. The fourth-order valence-corrected chi connectivity index (χ4v) is 2.74. The number of halogens is 1. The maximum Gasteiger partial charge on any atom is 0.140 e. The summed E-state index contributed by atoms with van der Waals surface area (Å²) in [6, 6.07) is 17.2. The van der Waals surface area contributed by atoms with Crippen LogP contribution in [0.1, 0.15) is 0 Å². The van der Waals surface area contributed by atoms with E-state index in [1.165, 1.54) is 27.0 Å². The SMILES string of the molecule is Bc1cccc2c1ccc1c(Br)cccc12. The number of hydrogen-bond acceptors (Lipinski definition) is 0. The first-order valence-corrected chi connectivity index (χ1v) is 6.13. The van der Waals surface area contributed by atoms with Crippen LogP contribution in [0.2, 0.25) is 0 Å². The lowest BCUT2D eigenvalue weighted by Crippen LogP contribution is -2.02. The van der Waals surface area contributed by atoms with Crippen molar-refractivity contribution >= 4 is 50.8 Å². The Bertz CT molecular complexity index is 628. The molecule has 76 valence electrons. The largest absolute Gasteiger partial charge is 0.140 e. The van der Waals surface area contributed by atoms with E-state index in [2.05, 4.69) is 72.3 Å². The van der Waals surface area contributed by atoms with Gasteiger partial charge in [-0.25, -0.2) is 0 Å². The zero-order valence-corrected chi connectivity index (χ0v) is 10.6. The van der Waals surface area contributed by atoms with E-state index in [1.54, 1.807) is 0 Å². The van der Waals surface area contributed by atoms with Gasteiger partial charge in [0.1, 0.15) is 7.85 Å². The summed E-state index contributed by atoms with van der Waals surface area (Å²) >= 11 is 3.60. The van der Waals surface area contributed by atoms with Gasteiger partial charge in [-0.1, -0.05) is 63.9 Å². The summed E-state index contributed by atoms with van der Waals surface area (Å²) in [5.41, 5.74) is 1.33. The maximum absolute atomic E-state index is 3.60. The Kier molecular flexibility index (Phi) is 2.25. The van der Waals surface area contributed by atoms with E-state index >= 15 is 0 Å². The Hall–Kier alpha value is -1.28. The third-order valence-electron chi connectivity index (χ3n) is 3.08. The average molecular weight is 269 g/mol. The van der Waals surface area contributed by atoms with Crippen molar-refractivity contribution in [1.82, 2.24) is 0 Å². The lowest BCUT2D eigenvalue weighted by molar-refractivity contribution is 1.74. The first-order chi connectivity index (χ1) is 7.77. The van der Waals surface area contributed by atoms with Gasteiger partial charge in [-0.05, 0) is 27.6 Å². The molecule has 2 heteroatoms. The predicted octanol–water partition coefficient (Wildman–Crippen LogP) is 3.01. The molecule has 0 atom stereocenters. The van der Waals surface area contributed by atoms with Crippen molar-refractivity contribution in [2.75, 3.05) is 0 Å².